The molecule has 0 aromatic heterocycles. The van der Waals surface area contributed by atoms with Gasteiger partial charge in [0, 0.05) is 38.8 Å². The number of nitrogens with one attached hydrogen (secondary N) is 2. The molecule has 0 fully saturated rings. The Kier molecular flexibility index (Phi) is 6.68. The fraction of sp³-hybridized carbons (Fsp3) is 0.588. The Morgan fingerprint density at radius 3 is 2.91 bits per heavy atom. The van der Waals surface area contributed by atoms with Crippen molar-refractivity contribution in [1.82, 2.24) is 15.5 Å². The molecule has 1 aliphatic rings. The van der Waals surface area contributed by atoms with E-state index in [1.165, 1.54) is 11.1 Å². The van der Waals surface area contributed by atoms with E-state index in [-0.39, 0.29) is 18.7 Å². The molecule has 22 heavy (non-hydrogen) atoms. The second-order valence-electron chi connectivity index (χ2n) is 5.96. The molecular weight excluding hydrogens is 278 g/mol. The van der Waals surface area contributed by atoms with Crippen LogP contribution in [0.2, 0.25) is 0 Å². The average molecular weight is 305 g/mol. The quantitative estimate of drug-likeness (QED) is 0.669. The molecule has 1 atom stereocenters. The maximum absolute atomic E-state index is 11.6. The molecule has 0 aliphatic carbocycles. The van der Waals surface area contributed by atoms with E-state index in [1.807, 2.05) is 6.92 Å². The third-order valence-corrected chi connectivity index (χ3v) is 4.09. The minimum absolute atomic E-state index is 0.00333. The summed E-state index contributed by atoms with van der Waals surface area (Å²) in [6.45, 7) is 5.77. The van der Waals surface area contributed by atoms with Crippen molar-refractivity contribution in [2.24, 2.45) is 0 Å². The van der Waals surface area contributed by atoms with Gasteiger partial charge in [-0.15, -0.1) is 0 Å². The molecule has 0 saturated heterocycles. The second-order valence-corrected chi connectivity index (χ2v) is 5.96. The highest BCUT2D eigenvalue weighted by Gasteiger charge is 2.15. The van der Waals surface area contributed by atoms with E-state index in [0.717, 1.165) is 32.5 Å². The van der Waals surface area contributed by atoms with Gasteiger partial charge in [-0.1, -0.05) is 24.3 Å². The first-order valence-corrected chi connectivity index (χ1v) is 8.13. The standard InChI is InChI=1S/C17H27N3O2/c1-14(8-12-21)19-17(22)18-9-4-10-20-11-7-15-5-2-3-6-16(15)13-20/h2-3,5-6,14,21H,4,7-13H2,1H3,(H2,18,19,22)/t14-/m1/s1. The highest BCUT2D eigenvalue weighted by atomic mass is 16.3. The Morgan fingerprint density at radius 2 is 2.14 bits per heavy atom. The molecular formula is C17H27N3O2. The largest absolute Gasteiger partial charge is 0.396 e. The number of benzene rings is 1. The average Bonchev–Trinajstić information content (AvgIpc) is 2.51. The van der Waals surface area contributed by atoms with Gasteiger partial charge in [0.15, 0.2) is 0 Å². The Hall–Kier alpha value is -1.59. The molecule has 0 saturated carbocycles. The van der Waals surface area contributed by atoms with Gasteiger partial charge in [0.1, 0.15) is 0 Å². The maximum Gasteiger partial charge on any atom is 0.314 e. The summed E-state index contributed by atoms with van der Waals surface area (Å²) in [5, 5.41) is 14.5. The Labute approximate surface area is 132 Å². The van der Waals surface area contributed by atoms with Crippen LogP contribution in [0.3, 0.4) is 0 Å². The topological polar surface area (TPSA) is 64.6 Å². The van der Waals surface area contributed by atoms with Crippen LogP contribution in [0.15, 0.2) is 24.3 Å². The van der Waals surface area contributed by atoms with Crippen molar-refractivity contribution >= 4 is 6.03 Å². The third-order valence-electron chi connectivity index (χ3n) is 4.09. The molecule has 122 valence electrons. The zero-order chi connectivity index (χ0) is 15.8. The normalized spacial score (nSPS) is 15.9. The van der Waals surface area contributed by atoms with Crippen LogP contribution in [0.1, 0.15) is 30.9 Å². The van der Waals surface area contributed by atoms with E-state index in [1.54, 1.807) is 0 Å². The van der Waals surface area contributed by atoms with Gasteiger partial charge in [0.05, 0.1) is 0 Å². The highest BCUT2D eigenvalue weighted by molar-refractivity contribution is 5.74. The molecule has 2 rings (SSSR count). The van der Waals surface area contributed by atoms with Crippen LogP contribution in [0.4, 0.5) is 4.79 Å². The van der Waals surface area contributed by atoms with E-state index in [0.29, 0.717) is 13.0 Å². The van der Waals surface area contributed by atoms with Gasteiger partial charge in [-0.2, -0.15) is 0 Å². The van der Waals surface area contributed by atoms with Crippen molar-refractivity contribution in [3.63, 3.8) is 0 Å². The SMILES string of the molecule is C[C@H](CCO)NC(=O)NCCCN1CCc2ccccc2C1. The lowest BCUT2D eigenvalue weighted by molar-refractivity contribution is 0.227. The number of amides is 2. The van der Waals surface area contributed by atoms with Crippen LogP contribution >= 0.6 is 0 Å². The minimum Gasteiger partial charge on any atom is -0.396 e. The van der Waals surface area contributed by atoms with Crippen LogP contribution in [-0.4, -0.2) is 48.3 Å². The summed E-state index contributed by atoms with van der Waals surface area (Å²) in [5.41, 5.74) is 2.89. The van der Waals surface area contributed by atoms with Crippen molar-refractivity contribution in [2.75, 3.05) is 26.2 Å². The lowest BCUT2D eigenvalue weighted by atomic mass is 10.00. The molecule has 3 N–H and O–H groups in total. The Balaban J connectivity index is 1.61. The number of aliphatic hydroxyl groups excluding tert-OH is 1. The number of carbonyl (C=O) groups excluding carboxylic acids is 1. The third kappa shape index (κ3) is 5.31. The second kappa shape index (κ2) is 8.76. The molecule has 1 aliphatic heterocycles. The van der Waals surface area contributed by atoms with E-state index in [2.05, 4.69) is 39.8 Å². The van der Waals surface area contributed by atoms with Crippen molar-refractivity contribution in [3.8, 4) is 0 Å². The zero-order valence-electron chi connectivity index (χ0n) is 13.3. The number of aliphatic hydroxyl groups is 1. The molecule has 1 aromatic carbocycles. The molecule has 0 spiro atoms. The lowest BCUT2D eigenvalue weighted by Gasteiger charge is -2.28. The summed E-state index contributed by atoms with van der Waals surface area (Å²) >= 11 is 0. The van der Waals surface area contributed by atoms with Crippen LogP contribution < -0.4 is 10.6 Å². The van der Waals surface area contributed by atoms with Gasteiger partial charge in [-0.05, 0) is 37.3 Å². The Bertz CT molecular complexity index is 479. The van der Waals surface area contributed by atoms with Crippen LogP contribution in [0.5, 0.6) is 0 Å². The van der Waals surface area contributed by atoms with Crippen molar-refractivity contribution < 1.29 is 9.90 Å². The number of urea groups is 1. The fourth-order valence-corrected chi connectivity index (χ4v) is 2.79. The van der Waals surface area contributed by atoms with Crippen molar-refractivity contribution in [1.29, 1.82) is 0 Å². The number of rotatable bonds is 7. The number of hydrogen-bond donors (Lipinski definition) is 3. The first kappa shape index (κ1) is 16.8. The molecule has 1 aromatic rings. The van der Waals surface area contributed by atoms with Crippen molar-refractivity contribution in [3.05, 3.63) is 35.4 Å². The van der Waals surface area contributed by atoms with Gasteiger partial charge in [-0.25, -0.2) is 4.79 Å². The zero-order valence-corrected chi connectivity index (χ0v) is 13.3. The molecule has 5 nitrogen and oxygen atoms in total. The lowest BCUT2D eigenvalue weighted by Crippen LogP contribution is -2.42. The minimum atomic E-state index is -0.148. The van der Waals surface area contributed by atoms with E-state index in [9.17, 15) is 4.79 Å². The molecule has 0 bridgehead atoms. The molecule has 0 radical (unpaired) electrons. The van der Waals surface area contributed by atoms with Gasteiger partial charge >= 0.3 is 6.03 Å². The van der Waals surface area contributed by atoms with E-state index in [4.69, 9.17) is 5.11 Å². The maximum atomic E-state index is 11.6. The summed E-state index contributed by atoms with van der Waals surface area (Å²) in [4.78, 5) is 14.1. The molecule has 5 heteroatoms. The van der Waals surface area contributed by atoms with Gasteiger partial charge in [0.25, 0.3) is 0 Å². The predicted molar refractivity (Wildman–Crippen MR) is 87.7 cm³/mol. The summed E-state index contributed by atoms with van der Waals surface area (Å²) in [6.07, 6.45) is 2.65. The van der Waals surface area contributed by atoms with Crippen molar-refractivity contribution in [2.45, 2.75) is 38.8 Å². The van der Waals surface area contributed by atoms with E-state index >= 15 is 0 Å². The smallest absolute Gasteiger partial charge is 0.314 e. The van der Waals surface area contributed by atoms with Crippen LogP contribution in [0.25, 0.3) is 0 Å². The van der Waals surface area contributed by atoms with Gasteiger partial charge in [0.2, 0.25) is 0 Å². The number of hydrogen-bond acceptors (Lipinski definition) is 3. The molecule has 1 heterocycles. The van der Waals surface area contributed by atoms with Gasteiger partial charge < -0.3 is 15.7 Å². The van der Waals surface area contributed by atoms with Gasteiger partial charge in [-0.3, -0.25) is 4.90 Å². The summed E-state index contributed by atoms with van der Waals surface area (Å²) in [7, 11) is 0. The number of fused-ring (bicyclic) bond motifs is 1. The highest BCUT2D eigenvalue weighted by Crippen LogP contribution is 2.18. The predicted octanol–water partition coefficient (Wildman–Crippen LogP) is 1.50. The first-order chi connectivity index (χ1) is 10.7. The monoisotopic (exact) mass is 305 g/mol. The summed E-state index contributed by atoms with van der Waals surface area (Å²) in [5.74, 6) is 0. The van der Waals surface area contributed by atoms with Crippen LogP contribution in [0, 0.1) is 0 Å². The first-order valence-electron chi connectivity index (χ1n) is 8.13. The number of nitrogens with zero attached hydrogens (tertiary/aromatic N) is 1. The summed E-state index contributed by atoms with van der Waals surface area (Å²) < 4.78 is 0. The van der Waals surface area contributed by atoms with E-state index < -0.39 is 0 Å². The Morgan fingerprint density at radius 1 is 1.36 bits per heavy atom. The molecule has 0 unspecified atom stereocenters. The molecule has 2 amide bonds. The number of carbonyl (C=O) groups is 1. The van der Waals surface area contributed by atoms with Crippen LogP contribution in [-0.2, 0) is 13.0 Å². The summed E-state index contributed by atoms with van der Waals surface area (Å²) in [6, 6.07) is 8.48. The fourth-order valence-electron chi connectivity index (χ4n) is 2.79.